The van der Waals surface area contributed by atoms with Gasteiger partial charge in [-0.1, -0.05) is 48.5 Å². The number of carbonyl (C=O) groups is 4. The van der Waals surface area contributed by atoms with Gasteiger partial charge in [0.25, 0.3) is 11.8 Å². The smallest absolute Gasteiger partial charge is 0.430 e. The highest BCUT2D eigenvalue weighted by atomic mass is 19.4. The first-order valence-corrected chi connectivity index (χ1v) is 24.0. The van der Waals surface area contributed by atoms with Crippen molar-refractivity contribution in [3.63, 3.8) is 0 Å². The summed E-state index contributed by atoms with van der Waals surface area (Å²) in [5.41, 5.74) is 19.8. The summed E-state index contributed by atoms with van der Waals surface area (Å²) in [7, 11) is 7.21. The van der Waals surface area contributed by atoms with Crippen molar-refractivity contribution in [1.29, 1.82) is 10.8 Å². The third kappa shape index (κ3) is 17.1. The summed E-state index contributed by atoms with van der Waals surface area (Å²) in [5, 5.41) is 40.9. The van der Waals surface area contributed by atoms with Crippen LogP contribution in [0.5, 0.6) is 11.5 Å². The zero-order valence-corrected chi connectivity index (χ0v) is 43.6. The molecule has 0 unspecified atom stereocenters. The molecule has 18 nitrogen and oxygen atoms in total. The van der Waals surface area contributed by atoms with Crippen LogP contribution in [0.25, 0.3) is 21.8 Å². The third-order valence-corrected chi connectivity index (χ3v) is 11.8. The van der Waals surface area contributed by atoms with Crippen LogP contribution in [0, 0.1) is 10.8 Å². The highest BCUT2D eigenvalue weighted by molar-refractivity contribution is 6.02. The molecule has 4 aromatic carbocycles. The number of ether oxygens (including phenoxy) is 2. The number of carbonyl (C=O) groups excluding carboxylic acids is 4. The number of fused-ring (bicyclic) bond motifs is 2. The second-order valence-electron chi connectivity index (χ2n) is 17.6. The molecule has 0 spiro atoms. The van der Waals surface area contributed by atoms with Crippen LogP contribution in [-0.2, 0) is 49.6 Å². The molecular formula is C56H56F6N10O8. The number of amides is 2. The number of carboxylic acids is 2. The number of aryl methyl sites for hydroxylation is 2. The molecule has 0 radical (unpaired) electrons. The monoisotopic (exact) mass is 1110 g/mol. The average Bonchev–Trinajstić information content (AvgIpc) is 4.00. The van der Waals surface area contributed by atoms with Gasteiger partial charge in [-0.05, 0) is 83.6 Å². The summed E-state index contributed by atoms with van der Waals surface area (Å²) in [4.78, 5) is 44.0. The minimum Gasteiger partial charge on any atom is -0.542 e. The Morgan fingerprint density at radius 1 is 0.537 bits per heavy atom. The van der Waals surface area contributed by atoms with Gasteiger partial charge in [-0.3, -0.25) is 20.4 Å². The van der Waals surface area contributed by atoms with E-state index in [1.165, 1.54) is 0 Å². The van der Waals surface area contributed by atoms with E-state index in [9.17, 15) is 35.9 Å². The standard InChI is InChI=1S/2C26H27N5O2.2C2HF3O2/c2*1-30-13-10-18(11-14-30)9-12-29-26(32)23-16-21-22(7-4-8-24(21)33-2)31(23)17-19-5-3-6-20(15-19)25(27)28;2*3-2(4,5)1(6)7/h2*3-8,10-11,13-16H,9,12,17H2,1-2H3,(H3-,27,28,29,32);2*(H,6,7). The summed E-state index contributed by atoms with van der Waals surface area (Å²) in [6.07, 6.45) is -0.909. The lowest BCUT2D eigenvalue weighted by Gasteiger charge is -2.12. The summed E-state index contributed by atoms with van der Waals surface area (Å²) in [5.74, 6) is -4.83. The number of hydrogen-bond acceptors (Lipinski definition) is 10. The number of nitrogen functional groups attached to an aromatic ring is 2. The van der Waals surface area contributed by atoms with Crippen LogP contribution < -0.4 is 50.9 Å². The summed E-state index contributed by atoms with van der Waals surface area (Å²) >= 11 is 0. The van der Waals surface area contributed by atoms with E-state index < -0.39 is 24.3 Å². The van der Waals surface area contributed by atoms with Crippen LogP contribution in [0.4, 0.5) is 26.3 Å². The number of benzene rings is 4. The Morgan fingerprint density at radius 3 is 1.16 bits per heavy atom. The van der Waals surface area contributed by atoms with E-state index in [0.717, 1.165) is 68.4 Å². The zero-order chi connectivity index (χ0) is 58.9. The average molecular weight is 1110 g/mol. The molecule has 2 amide bonds. The molecule has 24 heteroatoms. The van der Waals surface area contributed by atoms with Crippen LogP contribution >= 0.6 is 0 Å². The maximum Gasteiger partial charge on any atom is 0.430 e. The van der Waals surface area contributed by atoms with Crippen molar-refractivity contribution >= 4 is 57.2 Å². The van der Waals surface area contributed by atoms with Crippen molar-refractivity contribution in [2.75, 3.05) is 27.3 Å². The summed E-state index contributed by atoms with van der Waals surface area (Å²) < 4.78 is 82.1. The second-order valence-corrected chi connectivity index (χ2v) is 17.6. The lowest BCUT2D eigenvalue weighted by molar-refractivity contribution is -0.671. The SMILES string of the molecule is COc1cccc2c1cc(C(=O)NCCc1cc[n+](C)cc1)n2Cc1cccc(C(=N)N)c1.COc1cccc2c1cc(C(=O)NCCc1cc[n+](C)cc1)n2Cc1cccc(C(=N)N)c1.O=C([O-])C(F)(F)F.O=C([O-])C(F)(F)F. The highest BCUT2D eigenvalue weighted by Crippen LogP contribution is 2.31. The van der Waals surface area contributed by atoms with E-state index in [0.29, 0.717) is 48.7 Å². The molecule has 0 aliphatic carbocycles. The van der Waals surface area contributed by atoms with Crippen molar-refractivity contribution in [2.45, 2.75) is 38.3 Å². The molecular weight excluding hydrogens is 1050 g/mol. The zero-order valence-electron chi connectivity index (χ0n) is 43.6. The Labute approximate surface area is 454 Å². The minimum absolute atomic E-state index is 0.0170. The topological polar surface area (TPSA) is 274 Å². The molecule has 8 rings (SSSR count). The Morgan fingerprint density at radius 2 is 0.863 bits per heavy atom. The van der Waals surface area contributed by atoms with Gasteiger partial charge >= 0.3 is 12.4 Å². The molecule has 4 heterocycles. The Bertz CT molecular complexity index is 3260. The fraction of sp³-hybridized carbons (Fsp3) is 0.214. The number of amidine groups is 2. The predicted molar refractivity (Wildman–Crippen MR) is 280 cm³/mol. The number of nitrogens with two attached hydrogens (primary N) is 2. The number of hydrogen-bond donors (Lipinski definition) is 6. The number of aromatic nitrogens is 4. The van der Waals surface area contributed by atoms with Crippen molar-refractivity contribution < 1.29 is 74.3 Å². The van der Waals surface area contributed by atoms with Crippen LogP contribution in [0.3, 0.4) is 0 Å². The first-order valence-electron chi connectivity index (χ1n) is 24.0. The largest absolute Gasteiger partial charge is 0.542 e. The van der Waals surface area contributed by atoms with E-state index in [1.54, 1.807) is 26.4 Å². The molecule has 8 N–H and O–H groups in total. The molecule has 0 aliphatic rings. The fourth-order valence-electron chi connectivity index (χ4n) is 7.85. The minimum atomic E-state index is -5.19. The molecule has 0 bridgehead atoms. The normalized spacial score (nSPS) is 10.9. The van der Waals surface area contributed by atoms with E-state index in [1.807, 2.05) is 142 Å². The second kappa shape index (κ2) is 27.5. The van der Waals surface area contributed by atoms with Gasteiger partial charge in [-0.25, -0.2) is 9.13 Å². The van der Waals surface area contributed by atoms with Crippen LogP contribution in [0.15, 0.2) is 146 Å². The summed E-state index contributed by atoms with van der Waals surface area (Å²) in [6.45, 7) is 2.00. The molecule has 0 atom stereocenters. The van der Waals surface area contributed by atoms with E-state index in [-0.39, 0.29) is 23.5 Å². The molecule has 0 saturated heterocycles. The number of halogens is 6. The van der Waals surface area contributed by atoms with Crippen molar-refractivity contribution in [3.8, 4) is 11.5 Å². The maximum absolute atomic E-state index is 13.2. The third-order valence-electron chi connectivity index (χ3n) is 11.8. The number of methoxy groups -OCH3 is 2. The Balaban J connectivity index is 0.000000237. The molecule has 0 aliphatic heterocycles. The van der Waals surface area contributed by atoms with Gasteiger partial charge in [-0.2, -0.15) is 26.3 Å². The fourth-order valence-corrected chi connectivity index (χ4v) is 7.85. The number of carboxylic acid groups (broad SMARTS) is 2. The molecule has 0 fully saturated rings. The molecule has 420 valence electrons. The quantitative estimate of drug-likeness (QED) is 0.0348. The number of alkyl halides is 6. The van der Waals surface area contributed by atoms with Gasteiger partial charge < -0.3 is 60.5 Å². The van der Waals surface area contributed by atoms with Gasteiger partial charge in [0, 0.05) is 72.3 Å². The van der Waals surface area contributed by atoms with E-state index >= 15 is 0 Å². The lowest BCUT2D eigenvalue weighted by Crippen LogP contribution is -2.37. The van der Waals surface area contributed by atoms with E-state index in [2.05, 4.69) is 34.9 Å². The molecule has 0 saturated carbocycles. The first-order chi connectivity index (χ1) is 37.8. The van der Waals surface area contributed by atoms with E-state index in [4.69, 9.17) is 51.6 Å². The lowest BCUT2D eigenvalue weighted by atomic mass is 10.1. The Hall–Kier alpha value is -9.74. The van der Waals surface area contributed by atoms with Gasteiger partial charge in [0.1, 0.15) is 60.6 Å². The van der Waals surface area contributed by atoms with Gasteiger partial charge in [0.15, 0.2) is 24.8 Å². The van der Waals surface area contributed by atoms with Crippen molar-refractivity contribution in [3.05, 3.63) is 191 Å². The molecule has 8 aromatic rings. The first kappa shape index (κ1) is 61.1. The maximum atomic E-state index is 13.2. The van der Waals surface area contributed by atoms with Crippen molar-refractivity contribution in [2.24, 2.45) is 25.6 Å². The van der Waals surface area contributed by atoms with Gasteiger partial charge in [0.05, 0.1) is 25.3 Å². The predicted octanol–water partition coefficient (Wildman–Crippen LogP) is 4.16. The van der Waals surface area contributed by atoms with Crippen LogP contribution in [-0.4, -0.2) is 84.2 Å². The van der Waals surface area contributed by atoms with Gasteiger partial charge in [-0.15, -0.1) is 0 Å². The molecule has 4 aromatic heterocycles. The molecule has 80 heavy (non-hydrogen) atoms. The van der Waals surface area contributed by atoms with Crippen LogP contribution in [0.2, 0.25) is 0 Å². The van der Waals surface area contributed by atoms with Gasteiger partial charge in [0.2, 0.25) is 0 Å². The number of nitrogens with zero attached hydrogens (tertiary/aromatic N) is 4. The number of nitrogens with one attached hydrogen (secondary N) is 4. The summed E-state index contributed by atoms with van der Waals surface area (Å²) in [6, 6.07) is 38.6. The Kier molecular flexibility index (Phi) is 21.0. The number of aliphatic carboxylic acids is 2. The highest BCUT2D eigenvalue weighted by Gasteiger charge is 2.29. The number of rotatable bonds is 16. The van der Waals surface area contributed by atoms with Crippen LogP contribution in [0.1, 0.15) is 54.4 Å². The van der Waals surface area contributed by atoms with Crippen molar-refractivity contribution in [1.82, 2.24) is 19.8 Å². The number of pyridine rings is 2.